The van der Waals surface area contributed by atoms with Crippen molar-refractivity contribution in [3.05, 3.63) is 70.8 Å². The standard InChI is InChI=1S/C23H29NO3/c1-6-7-13-26-22-15-17(2)23(18(3)16-22)27-14-12-20-8-10-21(11-9-20)19(4)24-25-5/h6-11,15-16H,12-14H2,1-5H3/b7-6+,24-19-. The van der Waals surface area contributed by atoms with Crippen molar-refractivity contribution < 1.29 is 14.3 Å². The third-order valence-corrected chi connectivity index (χ3v) is 4.25. The molecule has 0 aliphatic rings. The smallest absolute Gasteiger partial charge is 0.125 e. The second kappa shape index (κ2) is 10.4. The third kappa shape index (κ3) is 6.17. The molecule has 0 atom stereocenters. The molecule has 0 saturated heterocycles. The Morgan fingerprint density at radius 3 is 2.30 bits per heavy atom. The van der Waals surface area contributed by atoms with E-state index in [2.05, 4.69) is 43.3 Å². The molecule has 27 heavy (non-hydrogen) atoms. The van der Waals surface area contributed by atoms with Gasteiger partial charge in [-0.05, 0) is 62.1 Å². The second-order valence-electron chi connectivity index (χ2n) is 6.42. The molecule has 0 N–H and O–H groups in total. The largest absolute Gasteiger partial charge is 0.493 e. The Morgan fingerprint density at radius 2 is 1.70 bits per heavy atom. The summed E-state index contributed by atoms with van der Waals surface area (Å²) in [6.07, 6.45) is 4.82. The Hall–Kier alpha value is -2.75. The van der Waals surface area contributed by atoms with Crippen molar-refractivity contribution in [3.63, 3.8) is 0 Å². The Balaban J connectivity index is 1.94. The number of hydrogen-bond donors (Lipinski definition) is 0. The molecule has 2 aromatic carbocycles. The van der Waals surface area contributed by atoms with Crippen molar-refractivity contribution in [3.8, 4) is 11.5 Å². The summed E-state index contributed by atoms with van der Waals surface area (Å²) in [5, 5.41) is 3.95. The zero-order valence-corrected chi connectivity index (χ0v) is 16.9. The van der Waals surface area contributed by atoms with Crippen LogP contribution in [0.25, 0.3) is 0 Å². The predicted molar refractivity (Wildman–Crippen MR) is 111 cm³/mol. The highest BCUT2D eigenvalue weighted by molar-refractivity contribution is 5.98. The van der Waals surface area contributed by atoms with Crippen LogP contribution in [0, 0.1) is 13.8 Å². The minimum Gasteiger partial charge on any atom is -0.493 e. The summed E-state index contributed by atoms with van der Waals surface area (Å²) in [4.78, 5) is 4.82. The number of aryl methyl sites for hydroxylation is 2. The molecule has 4 nitrogen and oxygen atoms in total. The topological polar surface area (TPSA) is 40.0 Å². The van der Waals surface area contributed by atoms with Gasteiger partial charge in [0.25, 0.3) is 0 Å². The minimum absolute atomic E-state index is 0.583. The molecule has 0 aliphatic heterocycles. The molecule has 2 aromatic rings. The maximum absolute atomic E-state index is 6.06. The van der Waals surface area contributed by atoms with E-state index >= 15 is 0 Å². The van der Waals surface area contributed by atoms with Crippen LogP contribution in [0.1, 0.15) is 36.1 Å². The first kappa shape index (κ1) is 20.6. The fourth-order valence-corrected chi connectivity index (χ4v) is 2.84. The molecule has 0 aromatic heterocycles. The number of benzene rings is 2. The van der Waals surface area contributed by atoms with E-state index in [9.17, 15) is 0 Å². The van der Waals surface area contributed by atoms with Gasteiger partial charge in [-0.15, -0.1) is 0 Å². The van der Waals surface area contributed by atoms with Gasteiger partial charge in [0.05, 0.1) is 12.3 Å². The SMILES string of the molecule is C/C=C/COc1cc(C)c(OCCc2ccc(/C(C)=N\OC)cc2)c(C)c1. The van der Waals surface area contributed by atoms with Gasteiger partial charge in [-0.25, -0.2) is 0 Å². The first-order chi connectivity index (χ1) is 13.0. The van der Waals surface area contributed by atoms with Gasteiger partial charge in [0, 0.05) is 6.42 Å². The predicted octanol–water partition coefficient (Wildman–Crippen LogP) is 5.25. The first-order valence-electron chi connectivity index (χ1n) is 9.20. The molecule has 0 spiro atoms. The van der Waals surface area contributed by atoms with Gasteiger partial charge in [0.15, 0.2) is 0 Å². The Kier molecular flexibility index (Phi) is 7.93. The maximum Gasteiger partial charge on any atom is 0.125 e. The first-order valence-corrected chi connectivity index (χ1v) is 9.20. The summed E-state index contributed by atoms with van der Waals surface area (Å²) in [5.74, 6) is 1.81. The lowest BCUT2D eigenvalue weighted by Gasteiger charge is -2.14. The van der Waals surface area contributed by atoms with Crippen LogP contribution in [0.4, 0.5) is 0 Å². The van der Waals surface area contributed by atoms with E-state index < -0.39 is 0 Å². The molecule has 0 unspecified atom stereocenters. The molecule has 4 heteroatoms. The van der Waals surface area contributed by atoms with Crippen LogP contribution in [0.5, 0.6) is 11.5 Å². The number of hydrogen-bond acceptors (Lipinski definition) is 4. The molecule has 0 amide bonds. The minimum atomic E-state index is 0.583. The van der Waals surface area contributed by atoms with Gasteiger partial charge >= 0.3 is 0 Å². The third-order valence-electron chi connectivity index (χ3n) is 4.25. The van der Waals surface area contributed by atoms with Crippen molar-refractivity contribution in [2.75, 3.05) is 20.3 Å². The summed E-state index contributed by atoms with van der Waals surface area (Å²) in [7, 11) is 1.56. The average molecular weight is 367 g/mol. The number of ether oxygens (including phenoxy) is 2. The second-order valence-corrected chi connectivity index (χ2v) is 6.42. The lowest BCUT2D eigenvalue weighted by atomic mass is 10.1. The zero-order chi connectivity index (χ0) is 19.6. The molecular formula is C23H29NO3. The lowest BCUT2D eigenvalue weighted by Crippen LogP contribution is -2.05. The fraction of sp³-hybridized carbons (Fsp3) is 0.348. The van der Waals surface area contributed by atoms with Crippen molar-refractivity contribution >= 4 is 5.71 Å². The summed E-state index contributed by atoms with van der Waals surface area (Å²) in [5.41, 5.74) is 5.33. The number of nitrogens with zero attached hydrogens (tertiary/aromatic N) is 1. The molecule has 0 heterocycles. The van der Waals surface area contributed by atoms with E-state index in [1.807, 2.05) is 38.1 Å². The molecule has 0 fully saturated rings. The van der Waals surface area contributed by atoms with Crippen LogP contribution >= 0.6 is 0 Å². The van der Waals surface area contributed by atoms with Crippen molar-refractivity contribution in [2.45, 2.75) is 34.1 Å². The van der Waals surface area contributed by atoms with E-state index in [1.165, 1.54) is 5.56 Å². The van der Waals surface area contributed by atoms with Crippen LogP contribution in [0.2, 0.25) is 0 Å². The highest BCUT2D eigenvalue weighted by Crippen LogP contribution is 2.28. The quantitative estimate of drug-likeness (QED) is 0.345. The lowest BCUT2D eigenvalue weighted by molar-refractivity contribution is 0.213. The molecular weight excluding hydrogens is 338 g/mol. The van der Waals surface area contributed by atoms with E-state index in [1.54, 1.807) is 7.11 Å². The van der Waals surface area contributed by atoms with Gasteiger partial charge in [0.2, 0.25) is 0 Å². The van der Waals surface area contributed by atoms with Crippen LogP contribution in [-0.4, -0.2) is 26.0 Å². The Bertz CT molecular complexity index is 769. The van der Waals surface area contributed by atoms with E-state index in [-0.39, 0.29) is 0 Å². The van der Waals surface area contributed by atoms with Crippen LogP contribution in [-0.2, 0) is 11.3 Å². The molecule has 2 rings (SSSR count). The van der Waals surface area contributed by atoms with Gasteiger partial charge in [-0.2, -0.15) is 0 Å². The maximum atomic E-state index is 6.06. The highest BCUT2D eigenvalue weighted by Gasteiger charge is 2.08. The number of rotatable bonds is 9. The number of oxime groups is 1. The van der Waals surface area contributed by atoms with E-state index in [0.29, 0.717) is 13.2 Å². The van der Waals surface area contributed by atoms with Gasteiger partial charge < -0.3 is 14.3 Å². The van der Waals surface area contributed by atoms with Crippen molar-refractivity contribution in [1.29, 1.82) is 0 Å². The van der Waals surface area contributed by atoms with Gasteiger partial charge in [-0.1, -0.05) is 41.6 Å². The summed E-state index contributed by atoms with van der Waals surface area (Å²) in [6.45, 7) is 9.23. The Morgan fingerprint density at radius 1 is 1.04 bits per heavy atom. The van der Waals surface area contributed by atoms with Crippen LogP contribution in [0.15, 0.2) is 53.7 Å². The zero-order valence-electron chi connectivity index (χ0n) is 16.9. The summed E-state index contributed by atoms with van der Waals surface area (Å²) < 4.78 is 11.8. The fourth-order valence-electron chi connectivity index (χ4n) is 2.84. The van der Waals surface area contributed by atoms with Crippen molar-refractivity contribution in [1.82, 2.24) is 0 Å². The molecule has 0 saturated carbocycles. The molecule has 0 radical (unpaired) electrons. The molecule has 0 aliphatic carbocycles. The monoisotopic (exact) mass is 367 g/mol. The highest BCUT2D eigenvalue weighted by atomic mass is 16.6. The summed E-state index contributed by atoms with van der Waals surface area (Å²) >= 11 is 0. The van der Waals surface area contributed by atoms with Crippen LogP contribution in [0.3, 0.4) is 0 Å². The average Bonchev–Trinajstić information content (AvgIpc) is 2.65. The summed E-state index contributed by atoms with van der Waals surface area (Å²) in [6, 6.07) is 12.4. The van der Waals surface area contributed by atoms with E-state index in [4.69, 9.17) is 14.3 Å². The van der Waals surface area contributed by atoms with Crippen molar-refractivity contribution in [2.24, 2.45) is 5.16 Å². The normalized spacial score (nSPS) is 11.7. The Labute approximate surface area is 162 Å². The van der Waals surface area contributed by atoms with Crippen LogP contribution < -0.4 is 9.47 Å². The number of allylic oxidation sites excluding steroid dienone is 1. The molecule has 144 valence electrons. The van der Waals surface area contributed by atoms with Gasteiger partial charge in [0.1, 0.15) is 25.2 Å². The van der Waals surface area contributed by atoms with E-state index in [0.717, 1.165) is 40.3 Å². The molecule has 0 bridgehead atoms. The van der Waals surface area contributed by atoms with Gasteiger partial charge in [-0.3, -0.25) is 0 Å².